The lowest BCUT2D eigenvalue weighted by Crippen LogP contribution is -2.10. The Morgan fingerprint density at radius 3 is 2.62 bits per heavy atom. The standard InChI is InChI=1S/C6H12OS/c1-5(2)6-3-7-4-8-6/h5-6H,3-4H2,1-2H3. The van der Waals surface area contributed by atoms with Crippen LogP contribution in [-0.4, -0.2) is 17.8 Å². The molecule has 1 saturated heterocycles. The van der Waals surface area contributed by atoms with Gasteiger partial charge in [-0.25, -0.2) is 0 Å². The van der Waals surface area contributed by atoms with E-state index >= 15 is 0 Å². The molecule has 2 heteroatoms. The number of hydrogen-bond acceptors (Lipinski definition) is 2. The van der Waals surface area contributed by atoms with Gasteiger partial charge in [-0.3, -0.25) is 0 Å². The fourth-order valence-electron chi connectivity index (χ4n) is 0.733. The van der Waals surface area contributed by atoms with Crippen LogP contribution in [0.1, 0.15) is 13.8 Å². The Morgan fingerprint density at radius 2 is 2.38 bits per heavy atom. The van der Waals surface area contributed by atoms with E-state index in [-0.39, 0.29) is 0 Å². The topological polar surface area (TPSA) is 9.23 Å². The molecule has 1 unspecified atom stereocenters. The predicted octanol–water partition coefficient (Wildman–Crippen LogP) is 1.73. The lowest BCUT2D eigenvalue weighted by atomic mass is 10.1. The molecule has 0 bridgehead atoms. The Hall–Kier alpha value is 0.310. The quantitative estimate of drug-likeness (QED) is 0.537. The predicted molar refractivity (Wildman–Crippen MR) is 37.0 cm³/mol. The maximum atomic E-state index is 5.18. The zero-order chi connectivity index (χ0) is 5.98. The van der Waals surface area contributed by atoms with Crippen LogP contribution in [-0.2, 0) is 4.74 Å². The van der Waals surface area contributed by atoms with Crippen LogP contribution in [0.25, 0.3) is 0 Å². The number of hydrogen-bond donors (Lipinski definition) is 0. The van der Waals surface area contributed by atoms with Gasteiger partial charge >= 0.3 is 0 Å². The molecule has 1 rings (SSSR count). The van der Waals surface area contributed by atoms with E-state index in [1.807, 2.05) is 11.8 Å². The minimum atomic E-state index is 0.759. The van der Waals surface area contributed by atoms with Gasteiger partial charge in [0.1, 0.15) is 0 Å². The summed E-state index contributed by atoms with van der Waals surface area (Å²) >= 11 is 1.93. The second-order valence-corrected chi connectivity index (χ2v) is 3.61. The molecule has 0 aromatic rings. The van der Waals surface area contributed by atoms with E-state index in [0.717, 1.165) is 23.7 Å². The summed E-state index contributed by atoms with van der Waals surface area (Å²) in [5.74, 6) is 1.69. The first kappa shape index (κ1) is 6.43. The van der Waals surface area contributed by atoms with Gasteiger partial charge in [-0.05, 0) is 5.92 Å². The molecule has 0 aromatic heterocycles. The number of ether oxygens (including phenoxy) is 1. The lowest BCUT2D eigenvalue weighted by Gasteiger charge is -2.08. The lowest BCUT2D eigenvalue weighted by molar-refractivity contribution is 0.194. The molecule has 48 valence electrons. The molecule has 1 fully saturated rings. The zero-order valence-corrected chi connectivity index (χ0v) is 6.20. The summed E-state index contributed by atoms with van der Waals surface area (Å²) in [5, 5.41) is 0.759. The molecule has 0 spiro atoms. The summed E-state index contributed by atoms with van der Waals surface area (Å²) in [7, 11) is 0. The van der Waals surface area contributed by atoms with Crippen molar-refractivity contribution in [1.29, 1.82) is 0 Å². The van der Waals surface area contributed by atoms with Crippen molar-refractivity contribution in [3.8, 4) is 0 Å². The van der Waals surface area contributed by atoms with Gasteiger partial charge in [0.25, 0.3) is 0 Å². The molecule has 0 aromatic carbocycles. The van der Waals surface area contributed by atoms with E-state index in [0.29, 0.717) is 0 Å². The first-order chi connectivity index (χ1) is 3.80. The van der Waals surface area contributed by atoms with Crippen molar-refractivity contribution in [3.63, 3.8) is 0 Å². The van der Waals surface area contributed by atoms with Gasteiger partial charge in [0, 0.05) is 5.25 Å². The molecule has 1 heterocycles. The average molecular weight is 132 g/mol. The second kappa shape index (κ2) is 2.74. The van der Waals surface area contributed by atoms with Gasteiger partial charge in [0.05, 0.1) is 12.5 Å². The van der Waals surface area contributed by atoms with E-state index in [4.69, 9.17) is 4.74 Å². The Morgan fingerprint density at radius 1 is 1.62 bits per heavy atom. The second-order valence-electron chi connectivity index (χ2n) is 2.44. The van der Waals surface area contributed by atoms with Crippen LogP contribution in [0.5, 0.6) is 0 Å². The summed E-state index contributed by atoms with van der Waals surface area (Å²) in [6, 6.07) is 0. The highest BCUT2D eigenvalue weighted by atomic mass is 32.2. The van der Waals surface area contributed by atoms with Crippen LogP contribution in [0, 0.1) is 5.92 Å². The highest BCUT2D eigenvalue weighted by Crippen LogP contribution is 2.25. The molecule has 0 N–H and O–H groups in total. The first-order valence-electron chi connectivity index (χ1n) is 3.00. The summed E-state index contributed by atoms with van der Waals surface area (Å²) in [4.78, 5) is 0. The summed E-state index contributed by atoms with van der Waals surface area (Å²) < 4.78 is 5.18. The van der Waals surface area contributed by atoms with Crippen molar-refractivity contribution >= 4 is 11.8 Å². The number of thioether (sulfide) groups is 1. The van der Waals surface area contributed by atoms with Crippen LogP contribution in [0.2, 0.25) is 0 Å². The fraction of sp³-hybridized carbons (Fsp3) is 1.00. The molecule has 0 saturated carbocycles. The highest BCUT2D eigenvalue weighted by molar-refractivity contribution is 8.00. The molecule has 1 nitrogen and oxygen atoms in total. The molecule has 1 aliphatic rings. The van der Waals surface area contributed by atoms with Gasteiger partial charge in [0.15, 0.2) is 0 Å². The van der Waals surface area contributed by atoms with Crippen LogP contribution in [0.4, 0.5) is 0 Å². The van der Waals surface area contributed by atoms with Crippen molar-refractivity contribution in [2.75, 3.05) is 12.5 Å². The van der Waals surface area contributed by atoms with Gasteiger partial charge in [-0.1, -0.05) is 13.8 Å². The van der Waals surface area contributed by atoms with Crippen molar-refractivity contribution in [2.24, 2.45) is 5.92 Å². The number of rotatable bonds is 1. The molecule has 1 aliphatic heterocycles. The summed E-state index contributed by atoms with van der Waals surface area (Å²) in [6.45, 7) is 5.45. The van der Waals surface area contributed by atoms with Gasteiger partial charge < -0.3 is 4.74 Å². The van der Waals surface area contributed by atoms with E-state index in [1.54, 1.807) is 0 Å². The SMILES string of the molecule is CC(C)C1COCS1. The smallest absolute Gasteiger partial charge is 0.0925 e. The first-order valence-corrected chi connectivity index (χ1v) is 4.05. The van der Waals surface area contributed by atoms with Crippen LogP contribution in [0.15, 0.2) is 0 Å². The highest BCUT2D eigenvalue weighted by Gasteiger charge is 2.18. The third kappa shape index (κ3) is 1.39. The van der Waals surface area contributed by atoms with Crippen molar-refractivity contribution in [2.45, 2.75) is 19.1 Å². The van der Waals surface area contributed by atoms with E-state index < -0.39 is 0 Å². The van der Waals surface area contributed by atoms with Crippen LogP contribution >= 0.6 is 11.8 Å². The Labute approximate surface area is 54.8 Å². The van der Waals surface area contributed by atoms with E-state index in [1.165, 1.54) is 0 Å². The van der Waals surface area contributed by atoms with Gasteiger partial charge in [-0.2, -0.15) is 0 Å². The maximum absolute atomic E-state index is 5.18. The van der Waals surface area contributed by atoms with E-state index in [9.17, 15) is 0 Å². The average Bonchev–Trinajstić information content (AvgIpc) is 2.12. The molecular formula is C6H12OS. The molecule has 0 radical (unpaired) electrons. The van der Waals surface area contributed by atoms with Crippen molar-refractivity contribution in [3.05, 3.63) is 0 Å². The maximum Gasteiger partial charge on any atom is 0.0925 e. The van der Waals surface area contributed by atoms with E-state index in [2.05, 4.69) is 13.8 Å². The summed E-state index contributed by atoms with van der Waals surface area (Å²) in [5.41, 5.74) is 0. The minimum Gasteiger partial charge on any atom is -0.370 e. The molecule has 0 amide bonds. The Kier molecular flexibility index (Phi) is 2.20. The molecule has 0 aliphatic carbocycles. The molecular weight excluding hydrogens is 120 g/mol. The van der Waals surface area contributed by atoms with Crippen LogP contribution < -0.4 is 0 Å². The van der Waals surface area contributed by atoms with Crippen molar-refractivity contribution < 1.29 is 4.74 Å². The van der Waals surface area contributed by atoms with Gasteiger partial charge in [-0.15, -0.1) is 11.8 Å². The van der Waals surface area contributed by atoms with Gasteiger partial charge in [0.2, 0.25) is 0 Å². The Balaban J connectivity index is 2.24. The minimum absolute atomic E-state index is 0.759. The fourth-order valence-corrected chi connectivity index (χ4v) is 1.68. The largest absolute Gasteiger partial charge is 0.370 e. The monoisotopic (exact) mass is 132 g/mol. The zero-order valence-electron chi connectivity index (χ0n) is 5.39. The van der Waals surface area contributed by atoms with Crippen molar-refractivity contribution in [1.82, 2.24) is 0 Å². The third-order valence-corrected chi connectivity index (χ3v) is 2.80. The molecule has 8 heavy (non-hydrogen) atoms. The molecule has 1 atom stereocenters. The van der Waals surface area contributed by atoms with Crippen LogP contribution in [0.3, 0.4) is 0 Å². The normalized spacial score (nSPS) is 29.6. The third-order valence-electron chi connectivity index (χ3n) is 1.39. The Bertz CT molecular complexity index is 66.9. The summed E-state index contributed by atoms with van der Waals surface area (Å²) in [6.07, 6.45) is 0.